The number of nitrogens with zero attached hydrogens (tertiary/aromatic N) is 1. The molecule has 1 N–H and O–H groups in total. The van der Waals surface area contributed by atoms with E-state index in [0.717, 1.165) is 0 Å². The highest BCUT2D eigenvalue weighted by atomic mass is 19.1. The molecule has 6 heteroatoms. The van der Waals surface area contributed by atoms with E-state index in [0.29, 0.717) is 5.75 Å². The van der Waals surface area contributed by atoms with Gasteiger partial charge in [0.15, 0.2) is 0 Å². The topological polar surface area (TPSA) is 58.6 Å². The normalized spacial score (nSPS) is 10.7. The van der Waals surface area contributed by atoms with E-state index in [1.807, 2.05) is 27.7 Å². The van der Waals surface area contributed by atoms with Gasteiger partial charge >= 0.3 is 11.8 Å². The van der Waals surface area contributed by atoms with Gasteiger partial charge in [0, 0.05) is 24.2 Å². The number of carbonyl (C=O) groups is 2. The summed E-state index contributed by atoms with van der Waals surface area (Å²) in [6, 6.07) is 4.20. The molecular formula is C16H23FN2O3. The fourth-order valence-electron chi connectivity index (χ4n) is 2.33. The van der Waals surface area contributed by atoms with Gasteiger partial charge in [-0.1, -0.05) is 6.07 Å². The third kappa shape index (κ3) is 4.19. The van der Waals surface area contributed by atoms with Crippen molar-refractivity contribution in [2.45, 2.75) is 46.3 Å². The number of benzene rings is 1. The molecule has 0 radical (unpaired) electrons. The third-order valence-corrected chi connectivity index (χ3v) is 3.26. The number of halogens is 1. The predicted molar refractivity (Wildman–Crippen MR) is 81.9 cm³/mol. The molecule has 0 atom stereocenters. The average molecular weight is 310 g/mol. The fourth-order valence-corrected chi connectivity index (χ4v) is 2.33. The Labute approximate surface area is 130 Å². The Morgan fingerprint density at radius 3 is 2.32 bits per heavy atom. The number of nitrogens with one attached hydrogen (secondary N) is 1. The summed E-state index contributed by atoms with van der Waals surface area (Å²) >= 11 is 0. The Morgan fingerprint density at radius 1 is 1.23 bits per heavy atom. The molecular weight excluding hydrogens is 287 g/mol. The molecule has 1 aromatic rings. The molecule has 0 aliphatic carbocycles. The van der Waals surface area contributed by atoms with Crippen molar-refractivity contribution < 1.29 is 18.7 Å². The summed E-state index contributed by atoms with van der Waals surface area (Å²) in [5, 5.41) is 2.45. The van der Waals surface area contributed by atoms with Crippen LogP contribution in [0.5, 0.6) is 5.75 Å². The van der Waals surface area contributed by atoms with Crippen molar-refractivity contribution in [3.63, 3.8) is 0 Å². The van der Waals surface area contributed by atoms with Crippen LogP contribution in [0.2, 0.25) is 0 Å². The summed E-state index contributed by atoms with van der Waals surface area (Å²) in [5.41, 5.74) is 0.215. The average Bonchev–Trinajstić information content (AvgIpc) is 2.44. The van der Waals surface area contributed by atoms with Crippen molar-refractivity contribution in [3.05, 3.63) is 29.6 Å². The summed E-state index contributed by atoms with van der Waals surface area (Å²) in [5.74, 6) is -1.54. The lowest BCUT2D eigenvalue weighted by Crippen LogP contribution is -2.49. The van der Waals surface area contributed by atoms with Gasteiger partial charge in [-0.3, -0.25) is 9.59 Å². The minimum atomic E-state index is -0.757. The summed E-state index contributed by atoms with van der Waals surface area (Å²) in [6.07, 6.45) is 0. The lowest BCUT2D eigenvalue weighted by molar-refractivity contribution is -0.148. The minimum absolute atomic E-state index is 0.0961. The maximum Gasteiger partial charge on any atom is 0.312 e. The van der Waals surface area contributed by atoms with Crippen LogP contribution in [0.25, 0.3) is 0 Å². The molecule has 0 aliphatic rings. The first-order valence-corrected chi connectivity index (χ1v) is 7.21. The monoisotopic (exact) mass is 310 g/mol. The maximum atomic E-state index is 13.8. The van der Waals surface area contributed by atoms with Gasteiger partial charge in [-0.25, -0.2) is 4.39 Å². The van der Waals surface area contributed by atoms with E-state index >= 15 is 0 Å². The lowest BCUT2D eigenvalue weighted by atomic mass is 10.2. The fraction of sp³-hybridized carbons (Fsp3) is 0.500. The van der Waals surface area contributed by atoms with Gasteiger partial charge in [-0.15, -0.1) is 0 Å². The Balaban J connectivity index is 2.80. The largest absolute Gasteiger partial charge is 0.496 e. The van der Waals surface area contributed by atoms with Gasteiger partial charge in [0.25, 0.3) is 0 Å². The molecule has 0 saturated carbocycles. The van der Waals surface area contributed by atoms with Crippen LogP contribution in [-0.2, 0) is 16.1 Å². The molecule has 0 spiro atoms. The van der Waals surface area contributed by atoms with E-state index in [-0.39, 0.29) is 24.2 Å². The maximum absolute atomic E-state index is 13.8. The van der Waals surface area contributed by atoms with E-state index in [9.17, 15) is 14.0 Å². The van der Waals surface area contributed by atoms with E-state index in [2.05, 4.69) is 5.32 Å². The van der Waals surface area contributed by atoms with E-state index in [1.54, 1.807) is 6.07 Å². The standard InChI is InChI=1S/C16H23FN2O3/c1-10(2)19(11(3)4)16(21)15(20)18-9-12-13(17)7-6-8-14(12)22-5/h6-8,10-11H,9H2,1-5H3,(H,18,20). The Kier molecular flexibility index (Phi) is 6.34. The first-order chi connectivity index (χ1) is 10.3. The van der Waals surface area contributed by atoms with E-state index in [1.165, 1.54) is 24.1 Å². The van der Waals surface area contributed by atoms with Crippen LogP contribution in [-0.4, -0.2) is 35.9 Å². The summed E-state index contributed by atoms with van der Waals surface area (Å²) in [4.78, 5) is 25.7. The second-order valence-corrected chi connectivity index (χ2v) is 5.50. The number of rotatable bonds is 5. The molecule has 0 unspecified atom stereocenters. The Morgan fingerprint density at radius 2 is 1.82 bits per heavy atom. The first kappa shape index (κ1) is 17.9. The third-order valence-electron chi connectivity index (χ3n) is 3.26. The number of ether oxygens (including phenoxy) is 1. The Hall–Kier alpha value is -2.11. The van der Waals surface area contributed by atoms with Gasteiger partial charge in [-0.2, -0.15) is 0 Å². The summed E-state index contributed by atoms with van der Waals surface area (Å²) in [6.45, 7) is 7.25. The van der Waals surface area contributed by atoms with Crippen LogP contribution in [0.4, 0.5) is 4.39 Å². The number of methoxy groups -OCH3 is 1. The summed E-state index contributed by atoms with van der Waals surface area (Å²) in [7, 11) is 1.42. The van der Waals surface area contributed by atoms with Crippen LogP contribution in [0.15, 0.2) is 18.2 Å². The molecule has 0 heterocycles. The number of amides is 2. The zero-order valence-electron chi connectivity index (χ0n) is 13.6. The molecule has 5 nitrogen and oxygen atoms in total. The van der Waals surface area contributed by atoms with Crippen molar-refractivity contribution >= 4 is 11.8 Å². The second-order valence-electron chi connectivity index (χ2n) is 5.50. The quantitative estimate of drug-likeness (QED) is 0.847. The molecule has 22 heavy (non-hydrogen) atoms. The highest BCUT2D eigenvalue weighted by molar-refractivity contribution is 6.35. The molecule has 0 saturated heterocycles. The Bertz CT molecular complexity index is 536. The van der Waals surface area contributed by atoms with Crippen LogP contribution >= 0.6 is 0 Å². The van der Waals surface area contributed by atoms with Crippen molar-refractivity contribution in [2.75, 3.05) is 7.11 Å². The van der Waals surface area contributed by atoms with E-state index < -0.39 is 17.6 Å². The van der Waals surface area contributed by atoms with Crippen molar-refractivity contribution in [2.24, 2.45) is 0 Å². The summed E-state index contributed by atoms with van der Waals surface area (Å²) < 4.78 is 18.8. The number of carbonyl (C=O) groups excluding carboxylic acids is 2. The molecule has 1 aromatic carbocycles. The van der Waals surface area contributed by atoms with Gasteiger partial charge in [0.05, 0.1) is 7.11 Å². The molecule has 0 fully saturated rings. The van der Waals surface area contributed by atoms with Crippen molar-refractivity contribution in [3.8, 4) is 5.75 Å². The number of hydrogen-bond donors (Lipinski definition) is 1. The molecule has 122 valence electrons. The van der Waals surface area contributed by atoms with Crippen LogP contribution in [0.1, 0.15) is 33.3 Å². The molecule has 0 aromatic heterocycles. The first-order valence-electron chi connectivity index (χ1n) is 7.21. The van der Waals surface area contributed by atoms with Crippen LogP contribution in [0.3, 0.4) is 0 Å². The van der Waals surface area contributed by atoms with Crippen molar-refractivity contribution in [1.82, 2.24) is 10.2 Å². The molecule has 0 bridgehead atoms. The zero-order chi connectivity index (χ0) is 16.9. The van der Waals surface area contributed by atoms with Crippen molar-refractivity contribution in [1.29, 1.82) is 0 Å². The van der Waals surface area contributed by atoms with Gasteiger partial charge in [0.1, 0.15) is 11.6 Å². The highest BCUT2D eigenvalue weighted by Crippen LogP contribution is 2.20. The zero-order valence-corrected chi connectivity index (χ0v) is 13.6. The van der Waals surface area contributed by atoms with Gasteiger partial charge in [-0.05, 0) is 39.8 Å². The van der Waals surface area contributed by atoms with Crippen LogP contribution in [0, 0.1) is 5.82 Å². The lowest BCUT2D eigenvalue weighted by Gasteiger charge is -2.30. The second kappa shape index (κ2) is 7.77. The van der Waals surface area contributed by atoms with E-state index in [4.69, 9.17) is 4.74 Å². The minimum Gasteiger partial charge on any atom is -0.496 e. The highest BCUT2D eigenvalue weighted by Gasteiger charge is 2.26. The smallest absolute Gasteiger partial charge is 0.312 e. The molecule has 2 amide bonds. The molecule has 1 rings (SSSR count). The predicted octanol–water partition coefficient (Wildman–Crippen LogP) is 2.10. The SMILES string of the molecule is COc1cccc(F)c1CNC(=O)C(=O)N(C(C)C)C(C)C. The van der Waals surface area contributed by atoms with Crippen LogP contribution < -0.4 is 10.1 Å². The number of hydrogen-bond acceptors (Lipinski definition) is 3. The van der Waals surface area contributed by atoms with Gasteiger partial charge in [0.2, 0.25) is 0 Å². The van der Waals surface area contributed by atoms with Gasteiger partial charge < -0.3 is 15.0 Å². The molecule has 0 aliphatic heterocycles.